The van der Waals surface area contributed by atoms with Crippen molar-refractivity contribution in [1.29, 1.82) is 0 Å². The van der Waals surface area contributed by atoms with Gasteiger partial charge in [-0.25, -0.2) is 0 Å². The summed E-state index contributed by atoms with van der Waals surface area (Å²) in [4.78, 5) is 18.3. The van der Waals surface area contributed by atoms with Gasteiger partial charge in [-0.1, -0.05) is 48.0 Å². The van der Waals surface area contributed by atoms with Crippen molar-refractivity contribution in [1.82, 2.24) is 0 Å². The van der Waals surface area contributed by atoms with Crippen LogP contribution in [0.15, 0.2) is 53.5 Å². The zero-order valence-electron chi connectivity index (χ0n) is 12.1. The Morgan fingerprint density at radius 2 is 1.76 bits per heavy atom. The molecule has 106 valence electrons. The Labute approximate surface area is 123 Å². The van der Waals surface area contributed by atoms with E-state index < -0.39 is 6.17 Å². The average Bonchev–Trinajstić information content (AvgIpc) is 2.60. The second-order valence-corrected chi connectivity index (χ2v) is 5.20. The fourth-order valence-corrected chi connectivity index (χ4v) is 2.49. The normalized spacial score (nSPS) is 18.0. The molecule has 0 fully saturated rings. The minimum Gasteiger partial charge on any atom is -0.312 e. The molecule has 1 aliphatic rings. The van der Waals surface area contributed by atoms with Crippen LogP contribution < -0.4 is 10.6 Å². The van der Waals surface area contributed by atoms with Gasteiger partial charge in [0.1, 0.15) is 0 Å². The number of para-hydroxylation sites is 1. The van der Waals surface area contributed by atoms with Crippen LogP contribution in [0.1, 0.15) is 16.7 Å². The average molecular weight is 279 g/mol. The molecule has 3 rings (SSSR count). The van der Waals surface area contributed by atoms with Crippen molar-refractivity contribution in [3.05, 3.63) is 65.2 Å². The van der Waals surface area contributed by atoms with E-state index >= 15 is 0 Å². The Morgan fingerprint density at radius 1 is 1.10 bits per heavy atom. The maximum atomic E-state index is 12.2. The second-order valence-electron chi connectivity index (χ2n) is 5.20. The van der Waals surface area contributed by atoms with Gasteiger partial charge in [-0.15, -0.1) is 0 Å². The van der Waals surface area contributed by atoms with Gasteiger partial charge in [-0.3, -0.25) is 9.79 Å². The van der Waals surface area contributed by atoms with Crippen LogP contribution >= 0.6 is 0 Å². The number of nitrogens with two attached hydrogens (primary N) is 1. The molecule has 0 aliphatic carbocycles. The lowest BCUT2D eigenvalue weighted by molar-refractivity contribution is -0.119. The summed E-state index contributed by atoms with van der Waals surface area (Å²) in [6.45, 7) is 2.04. The Bertz CT molecular complexity index is 719. The van der Waals surface area contributed by atoms with Crippen LogP contribution in [0.25, 0.3) is 0 Å². The summed E-state index contributed by atoms with van der Waals surface area (Å²) >= 11 is 0. The third kappa shape index (κ3) is 2.34. The SMILES string of the molecule is Cc1ccc(C2=N[C@H](N)C(=O)N(C)c3ccccc32)cc1. The molecule has 4 heteroatoms. The van der Waals surface area contributed by atoms with Crippen LogP contribution in [0.3, 0.4) is 0 Å². The number of nitrogens with zero attached hydrogens (tertiary/aromatic N) is 2. The molecule has 2 N–H and O–H groups in total. The molecule has 0 unspecified atom stereocenters. The highest BCUT2D eigenvalue weighted by Gasteiger charge is 2.27. The number of rotatable bonds is 1. The monoisotopic (exact) mass is 279 g/mol. The third-order valence-electron chi connectivity index (χ3n) is 3.70. The number of benzene rings is 2. The molecular weight excluding hydrogens is 262 g/mol. The van der Waals surface area contributed by atoms with E-state index in [4.69, 9.17) is 5.73 Å². The lowest BCUT2D eigenvalue weighted by atomic mass is 9.99. The first kappa shape index (κ1) is 13.5. The molecule has 2 aromatic carbocycles. The molecule has 1 atom stereocenters. The first-order chi connectivity index (χ1) is 10.1. The number of hydrogen-bond acceptors (Lipinski definition) is 3. The minimum absolute atomic E-state index is 0.204. The van der Waals surface area contributed by atoms with E-state index in [1.807, 2.05) is 55.5 Å². The van der Waals surface area contributed by atoms with Gasteiger partial charge in [0.25, 0.3) is 5.91 Å². The molecule has 4 nitrogen and oxygen atoms in total. The highest BCUT2D eigenvalue weighted by molar-refractivity contribution is 6.19. The maximum Gasteiger partial charge on any atom is 0.266 e. The van der Waals surface area contributed by atoms with Crippen molar-refractivity contribution in [3.63, 3.8) is 0 Å². The van der Waals surface area contributed by atoms with Crippen molar-refractivity contribution in [2.24, 2.45) is 10.7 Å². The number of benzodiazepines with no additional fused rings is 1. The summed E-state index contributed by atoms with van der Waals surface area (Å²) in [7, 11) is 1.73. The number of anilines is 1. The van der Waals surface area contributed by atoms with E-state index in [-0.39, 0.29) is 5.91 Å². The Kier molecular flexibility index (Phi) is 3.31. The van der Waals surface area contributed by atoms with Crippen LogP contribution in [0, 0.1) is 6.92 Å². The van der Waals surface area contributed by atoms with Crippen molar-refractivity contribution < 1.29 is 4.79 Å². The van der Waals surface area contributed by atoms with Crippen LogP contribution in [-0.2, 0) is 4.79 Å². The van der Waals surface area contributed by atoms with E-state index in [1.54, 1.807) is 11.9 Å². The molecule has 21 heavy (non-hydrogen) atoms. The molecule has 1 amide bonds. The van der Waals surface area contributed by atoms with Gasteiger partial charge in [-0.2, -0.15) is 0 Å². The lowest BCUT2D eigenvalue weighted by Gasteiger charge is -2.18. The van der Waals surface area contributed by atoms with Crippen LogP contribution in [0.5, 0.6) is 0 Å². The van der Waals surface area contributed by atoms with Gasteiger partial charge in [0.15, 0.2) is 6.17 Å². The first-order valence-electron chi connectivity index (χ1n) is 6.85. The zero-order chi connectivity index (χ0) is 15.0. The topological polar surface area (TPSA) is 58.7 Å². The molecule has 0 saturated heterocycles. The van der Waals surface area contributed by atoms with Gasteiger partial charge in [0.2, 0.25) is 0 Å². The third-order valence-corrected chi connectivity index (χ3v) is 3.70. The van der Waals surface area contributed by atoms with Crippen molar-refractivity contribution in [2.45, 2.75) is 13.1 Å². The zero-order valence-corrected chi connectivity index (χ0v) is 12.1. The summed E-state index contributed by atoms with van der Waals surface area (Å²) < 4.78 is 0. The predicted octanol–water partition coefficient (Wildman–Crippen LogP) is 2.09. The largest absolute Gasteiger partial charge is 0.312 e. The van der Waals surface area contributed by atoms with E-state index in [0.717, 1.165) is 22.5 Å². The van der Waals surface area contributed by atoms with Crippen molar-refractivity contribution >= 4 is 17.3 Å². The smallest absolute Gasteiger partial charge is 0.266 e. The first-order valence-corrected chi connectivity index (χ1v) is 6.85. The number of likely N-dealkylation sites (N-methyl/N-ethyl adjacent to an activating group) is 1. The van der Waals surface area contributed by atoms with Gasteiger partial charge in [0.05, 0.1) is 11.4 Å². The summed E-state index contributed by atoms with van der Waals surface area (Å²) in [5, 5.41) is 0. The Balaban J connectivity index is 2.22. The molecule has 0 spiro atoms. The summed E-state index contributed by atoms with van der Waals surface area (Å²) in [6.07, 6.45) is -0.876. The highest BCUT2D eigenvalue weighted by atomic mass is 16.2. The molecule has 0 aromatic heterocycles. The number of carbonyl (C=O) groups excluding carboxylic acids is 1. The minimum atomic E-state index is -0.876. The fourth-order valence-electron chi connectivity index (χ4n) is 2.49. The van der Waals surface area contributed by atoms with Crippen molar-refractivity contribution in [3.8, 4) is 0 Å². The van der Waals surface area contributed by atoms with E-state index in [2.05, 4.69) is 4.99 Å². The number of amides is 1. The number of aryl methyl sites for hydroxylation is 1. The predicted molar refractivity (Wildman–Crippen MR) is 84.6 cm³/mol. The molecule has 2 aromatic rings. The van der Waals surface area contributed by atoms with E-state index in [0.29, 0.717) is 0 Å². The van der Waals surface area contributed by atoms with Gasteiger partial charge in [0, 0.05) is 18.2 Å². The van der Waals surface area contributed by atoms with Crippen LogP contribution in [0.2, 0.25) is 0 Å². The second kappa shape index (κ2) is 5.14. The highest BCUT2D eigenvalue weighted by Crippen LogP contribution is 2.26. The van der Waals surface area contributed by atoms with E-state index in [1.165, 1.54) is 5.56 Å². The standard InChI is InChI=1S/C17H17N3O/c1-11-7-9-12(10-8-11)15-13-5-3-4-6-14(13)20(2)17(21)16(18)19-15/h3-10,16H,18H2,1-2H3/t16-/m0/s1. The summed E-state index contributed by atoms with van der Waals surface area (Å²) in [5.41, 5.74) is 10.6. The maximum absolute atomic E-state index is 12.2. The number of aliphatic imine (C=N–C) groups is 1. The number of hydrogen-bond donors (Lipinski definition) is 1. The van der Waals surface area contributed by atoms with Gasteiger partial charge in [-0.05, 0) is 13.0 Å². The number of carbonyl (C=O) groups is 1. The van der Waals surface area contributed by atoms with Gasteiger partial charge >= 0.3 is 0 Å². The van der Waals surface area contributed by atoms with Gasteiger partial charge < -0.3 is 10.6 Å². The quantitative estimate of drug-likeness (QED) is 0.869. The summed E-state index contributed by atoms with van der Waals surface area (Å²) in [6, 6.07) is 15.8. The molecular formula is C17H17N3O. The molecule has 0 radical (unpaired) electrons. The number of fused-ring (bicyclic) bond motifs is 1. The van der Waals surface area contributed by atoms with E-state index in [9.17, 15) is 4.79 Å². The van der Waals surface area contributed by atoms with Crippen LogP contribution in [-0.4, -0.2) is 24.8 Å². The lowest BCUT2D eigenvalue weighted by Crippen LogP contribution is -2.39. The molecule has 1 heterocycles. The fraction of sp³-hybridized carbons (Fsp3) is 0.176. The molecule has 1 aliphatic heterocycles. The molecule has 0 saturated carbocycles. The molecule has 0 bridgehead atoms. The Morgan fingerprint density at radius 3 is 2.48 bits per heavy atom. The Hall–Kier alpha value is -2.46. The summed E-state index contributed by atoms with van der Waals surface area (Å²) in [5.74, 6) is -0.204. The van der Waals surface area contributed by atoms with Crippen LogP contribution in [0.4, 0.5) is 5.69 Å². The van der Waals surface area contributed by atoms with Crippen molar-refractivity contribution in [2.75, 3.05) is 11.9 Å².